The minimum absolute atomic E-state index is 0.330. The van der Waals surface area contributed by atoms with Crippen LogP contribution in [0.2, 0.25) is 5.02 Å². The fourth-order valence-electron chi connectivity index (χ4n) is 2.65. The Morgan fingerprint density at radius 1 is 1.12 bits per heavy atom. The Bertz CT molecular complexity index is 893. The summed E-state index contributed by atoms with van der Waals surface area (Å²) >= 11 is 5.84. The average Bonchev–Trinajstić information content (AvgIpc) is 2.63. The molecule has 0 spiro atoms. The van der Waals surface area contributed by atoms with Crippen molar-refractivity contribution in [3.05, 3.63) is 59.1 Å². The smallest absolute Gasteiger partial charge is 0.276 e. The van der Waals surface area contributed by atoms with Gasteiger partial charge in [0.05, 0.1) is 11.4 Å². The van der Waals surface area contributed by atoms with Gasteiger partial charge in [0.25, 0.3) is 5.91 Å². The van der Waals surface area contributed by atoms with Crippen molar-refractivity contribution in [3.8, 4) is 0 Å². The Balaban J connectivity index is 1.90. The number of urea groups is 1. The Morgan fingerprint density at radius 3 is 2.50 bits per heavy atom. The Kier molecular flexibility index (Phi) is 5.14. The third-order valence-electron chi connectivity index (χ3n) is 4.02. The van der Waals surface area contributed by atoms with Gasteiger partial charge < -0.3 is 0 Å². The second-order valence-electron chi connectivity index (χ2n) is 5.68. The van der Waals surface area contributed by atoms with E-state index in [1.807, 2.05) is 31.2 Å². The van der Waals surface area contributed by atoms with E-state index in [-0.39, 0.29) is 0 Å². The van der Waals surface area contributed by atoms with Gasteiger partial charge in [0.1, 0.15) is 0 Å². The maximum atomic E-state index is 12.7. The van der Waals surface area contributed by atoms with E-state index in [1.165, 1.54) is 18.3 Å². The first kappa shape index (κ1) is 17.8. The molecule has 4 amide bonds. The second-order valence-corrected chi connectivity index (χ2v) is 6.12. The van der Waals surface area contributed by atoms with E-state index in [1.54, 1.807) is 12.1 Å². The number of nitrogens with zero attached hydrogens (tertiary/aromatic N) is 2. The zero-order chi connectivity index (χ0) is 18.7. The molecule has 1 aliphatic heterocycles. The van der Waals surface area contributed by atoms with Gasteiger partial charge in [-0.15, -0.1) is 0 Å². The molecule has 6 nitrogen and oxygen atoms in total. The summed E-state index contributed by atoms with van der Waals surface area (Å²) in [4.78, 5) is 42.2. The molecule has 26 heavy (non-hydrogen) atoms. The van der Waals surface area contributed by atoms with Crippen molar-refractivity contribution in [1.82, 2.24) is 5.32 Å². The number of amides is 4. The lowest BCUT2D eigenvalue weighted by Gasteiger charge is -2.28. The number of carbonyl (C=O) groups excluding carboxylic acids is 3. The quantitative estimate of drug-likeness (QED) is 0.661. The molecular weight excluding hydrogens is 354 g/mol. The lowest BCUT2D eigenvalue weighted by Crippen LogP contribution is -2.58. The molecule has 1 aliphatic rings. The van der Waals surface area contributed by atoms with E-state index in [4.69, 9.17) is 11.6 Å². The molecule has 3 rings (SSSR count). The molecule has 1 heterocycles. The zero-order valence-electron chi connectivity index (χ0n) is 14.0. The molecule has 0 bridgehead atoms. The predicted octanol–water partition coefficient (Wildman–Crippen LogP) is 3.50. The van der Waals surface area contributed by atoms with Gasteiger partial charge in [0.15, 0.2) is 5.92 Å². The number of halogens is 1. The van der Waals surface area contributed by atoms with Crippen molar-refractivity contribution < 1.29 is 14.4 Å². The van der Waals surface area contributed by atoms with Gasteiger partial charge in [-0.3, -0.25) is 19.9 Å². The zero-order valence-corrected chi connectivity index (χ0v) is 14.7. The molecule has 0 saturated carbocycles. The van der Waals surface area contributed by atoms with Crippen molar-refractivity contribution in [1.29, 1.82) is 0 Å². The number of aryl methyl sites for hydroxylation is 1. The minimum Gasteiger partial charge on any atom is -0.276 e. The summed E-state index contributed by atoms with van der Waals surface area (Å²) in [7, 11) is 0. The molecule has 0 radical (unpaired) electrons. The normalized spacial score (nSPS) is 17.7. The minimum atomic E-state index is -1.19. The van der Waals surface area contributed by atoms with Gasteiger partial charge in [0.2, 0.25) is 5.91 Å². The van der Waals surface area contributed by atoms with Crippen LogP contribution in [0.15, 0.2) is 53.5 Å². The van der Waals surface area contributed by atoms with Crippen LogP contribution in [0.1, 0.15) is 12.5 Å². The number of hydrogen-bond acceptors (Lipinski definition) is 4. The number of para-hydroxylation sites is 1. The van der Waals surface area contributed by atoms with Crippen molar-refractivity contribution >= 4 is 47.0 Å². The molecule has 132 valence electrons. The molecule has 2 aromatic carbocycles. The van der Waals surface area contributed by atoms with Crippen LogP contribution in [0.3, 0.4) is 0 Å². The number of barbiturate groups is 1. The monoisotopic (exact) mass is 369 g/mol. The molecule has 0 aromatic heterocycles. The molecule has 0 aliphatic carbocycles. The summed E-state index contributed by atoms with van der Waals surface area (Å²) < 4.78 is 0. The summed E-state index contributed by atoms with van der Waals surface area (Å²) in [6, 6.07) is 12.9. The fourth-order valence-corrected chi connectivity index (χ4v) is 2.77. The summed E-state index contributed by atoms with van der Waals surface area (Å²) in [6.07, 6.45) is 2.05. The first-order valence-corrected chi connectivity index (χ1v) is 8.45. The van der Waals surface area contributed by atoms with Crippen LogP contribution in [0, 0.1) is 5.92 Å². The van der Waals surface area contributed by atoms with Gasteiger partial charge in [-0.1, -0.05) is 36.7 Å². The molecule has 0 unspecified atom stereocenters. The number of aliphatic imine (C=N–C) groups is 1. The molecule has 1 N–H and O–H groups in total. The van der Waals surface area contributed by atoms with Crippen LogP contribution >= 0.6 is 11.6 Å². The average molecular weight is 370 g/mol. The fraction of sp³-hybridized carbons (Fsp3) is 0.158. The number of nitrogens with one attached hydrogen (secondary N) is 1. The van der Waals surface area contributed by atoms with E-state index in [2.05, 4.69) is 10.3 Å². The largest absolute Gasteiger partial charge is 0.335 e. The Hall–Kier alpha value is -2.99. The van der Waals surface area contributed by atoms with Crippen LogP contribution in [-0.2, 0) is 16.0 Å². The lowest BCUT2D eigenvalue weighted by molar-refractivity contribution is -0.131. The number of hydrogen-bond donors (Lipinski definition) is 1. The maximum absolute atomic E-state index is 12.7. The molecule has 1 saturated heterocycles. The molecule has 1 atom stereocenters. The number of imide groups is 2. The maximum Gasteiger partial charge on any atom is 0.335 e. The van der Waals surface area contributed by atoms with Crippen LogP contribution in [-0.4, -0.2) is 24.1 Å². The number of anilines is 1. The molecular formula is C19H16ClN3O3. The standard InChI is InChI=1S/C19H16ClN3O3/c1-2-12-5-3-4-6-16(12)21-11-15-17(24)22-19(26)23(18(15)25)14-9-7-13(20)8-10-14/h3-11,15H,2H2,1H3,(H,22,24,26)/t15-/m1/s1. The van der Waals surface area contributed by atoms with Gasteiger partial charge >= 0.3 is 6.03 Å². The highest BCUT2D eigenvalue weighted by atomic mass is 35.5. The van der Waals surface area contributed by atoms with E-state index in [0.29, 0.717) is 16.4 Å². The van der Waals surface area contributed by atoms with E-state index in [9.17, 15) is 14.4 Å². The third kappa shape index (κ3) is 3.50. The van der Waals surface area contributed by atoms with Gasteiger partial charge in [-0.05, 0) is 42.3 Å². The first-order valence-electron chi connectivity index (χ1n) is 8.07. The summed E-state index contributed by atoms with van der Waals surface area (Å²) in [6.45, 7) is 1.99. The summed E-state index contributed by atoms with van der Waals surface area (Å²) in [5.41, 5.74) is 2.01. The van der Waals surface area contributed by atoms with Crippen molar-refractivity contribution in [2.24, 2.45) is 10.9 Å². The van der Waals surface area contributed by atoms with Crippen LogP contribution in [0.4, 0.5) is 16.2 Å². The lowest BCUT2D eigenvalue weighted by atomic mass is 10.1. The van der Waals surface area contributed by atoms with Gasteiger partial charge in [-0.2, -0.15) is 0 Å². The van der Waals surface area contributed by atoms with E-state index < -0.39 is 23.8 Å². The highest BCUT2D eigenvalue weighted by molar-refractivity contribution is 6.33. The first-order chi connectivity index (χ1) is 12.5. The van der Waals surface area contributed by atoms with Crippen molar-refractivity contribution in [2.45, 2.75) is 13.3 Å². The second kappa shape index (κ2) is 7.49. The van der Waals surface area contributed by atoms with Crippen LogP contribution < -0.4 is 10.2 Å². The van der Waals surface area contributed by atoms with Crippen molar-refractivity contribution in [2.75, 3.05) is 4.90 Å². The highest BCUT2D eigenvalue weighted by Crippen LogP contribution is 2.23. The van der Waals surface area contributed by atoms with Crippen LogP contribution in [0.5, 0.6) is 0 Å². The van der Waals surface area contributed by atoms with Crippen LogP contribution in [0.25, 0.3) is 0 Å². The number of rotatable bonds is 4. The van der Waals surface area contributed by atoms with Crippen molar-refractivity contribution in [3.63, 3.8) is 0 Å². The predicted molar refractivity (Wildman–Crippen MR) is 99.9 cm³/mol. The molecule has 2 aromatic rings. The molecule has 1 fully saturated rings. The van der Waals surface area contributed by atoms with Gasteiger partial charge in [0, 0.05) is 11.2 Å². The van der Waals surface area contributed by atoms with Gasteiger partial charge in [-0.25, -0.2) is 9.69 Å². The molecule has 7 heteroatoms. The number of benzene rings is 2. The SMILES string of the molecule is CCc1ccccc1N=C[C@@H]1C(=O)NC(=O)N(c2ccc(Cl)cc2)C1=O. The summed E-state index contributed by atoms with van der Waals surface area (Å²) in [5, 5.41) is 2.67. The Morgan fingerprint density at radius 2 is 1.81 bits per heavy atom. The van der Waals surface area contributed by atoms with E-state index in [0.717, 1.165) is 16.9 Å². The third-order valence-corrected chi connectivity index (χ3v) is 4.27. The Labute approximate surface area is 155 Å². The number of carbonyl (C=O) groups is 3. The summed E-state index contributed by atoms with van der Waals surface area (Å²) in [5.74, 6) is -2.53. The topological polar surface area (TPSA) is 78.8 Å². The van der Waals surface area contributed by atoms with E-state index >= 15 is 0 Å². The highest BCUT2D eigenvalue weighted by Gasteiger charge is 2.40.